The van der Waals surface area contributed by atoms with Crippen molar-refractivity contribution in [2.75, 3.05) is 25.5 Å². The zero-order valence-electron chi connectivity index (χ0n) is 14.0. The van der Waals surface area contributed by atoms with Crippen molar-refractivity contribution in [3.05, 3.63) is 16.8 Å². The summed E-state index contributed by atoms with van der Waals surface area (Å²) < 4.78 is 0. The molecule has 2 aromatic heterocycles. The van der Waals surface area contributed by atoms with Gasteiger partial charge in [0.1, 0.15) is 23.0 Å². The van der Waals surface area contributed by atoms with Crippen molar-refractivity contribution in [2.24, 2.45) is 0 Å². The first-order chi connectivity index (χ1) is 11.5. The van der Waals surface area contributed by atoms with Gasteiger partial charge in [-0.3, -0.25) is 9.59 Å². The van der Waals surface area contributed by atoms with Gasteiger partial charge in [0.25, 0.3) is 0 Å². The van der Waals surface area contributed by atoms with Crippen LogP contribution in [0.5, 0.6) is 0 Å². The van der Waals surface area contributed by atoms with Crippen molar-refractivity contribution in [3.8, 4) is 0 Å². The fraction of sp³-hybridized carbons (Fsp3) is 0.500. The molecule has 8 heteroatoms. The standard InChI is InChI=1S/C16H21N5O2S/c1-9-10(2)24-16-13(9)14(19-8-20-16)18-7-12(22)21-6-4-5-11(21)15(23)17-3/h8,11H,4-7H2,1-3H3,(H,17,23)(H,18,19,20). The third kappa shape index (κ3) is 2.93. The van der Waals surface area contributed by atoms with Crippen LogP contribution in [0, 0.1) is 13.8 Å². The summed E-state index contributed by atoms with van der Waals surface area (Å²) in [6.45, 7) is 4.82. The molecule has 1 aliphatic rings. The van der Waals surface area contributed by atoms with Gasteiger partial charge in [-0.25, -0.2) is 9.97 Å². The minimum Gasteiger partial charge on any atom is -0.360 e. The van der Waals surface area contributed by atoms with Crippen LogP contribution in [0.1, 0.15) is 23.3 Å². The average Bonchev–Trinajstić information content (AvgIpc) is 3.18. The van der Waals surface area contributed by atoms with Crippen LogP contribution in [0.4, 0.5) is 5.82 Å². The van der Waals surface area contributed by atoms with Crippen LogP contribution >= 0.6 is 11.3 Å². The van der Waals surface area contributed by atoms with Gasteiger partial charge >= 0.3 is 0 Å². The number of likely N-dealkylation sites (N-methyl/N-ethyl adjacent to an activating group) is 1. The molecule has 2 amide bonds. The molecule has 0 spiro atoms. The highest BCUT2D eigenvalue weighted by molar-refractivity contribution is 7.18. The van der Waals surface area contributed by atoms with E-state index in [1.807, 2.05) is 6.92 Å². The number of carbonyl (C=O) groups is 2. The number of amides is 2. The van der Waals surface area contributed by atoms with E-state index in [2.05, 4.69) is 27.5 Å². The third-order valence-corrected chi connectivity index (χ3v) is 5.61. The molecule has 3 rings (SSSR count). The molecule has 0 aliphatic carbocycles. The lowest BCUT2D eigenvalue weighted by molar-refractivity contribution is -0.136. The number of hydrogen-bond acceptors (Lipinski definition) is 6. The molecular weight excluding hydrogens is 326 g/mol. The van der Waals surface area contributed by atoms with Crippen molar-refractivity contribution in [3.63, 3.8) is 0 Å². The molecule has 0 saturated carbocycles. The van der Waals surface area contributed by atoms with E-state index in [4.69, 9.17) is 0 Å². The van der Waals surface area contributed by atoms with Crippen LogP contribution in [0.25, 0.3) is 10.2 Å². The molecule has 3 heterocycles. The normalized spacial score (nSPS) is 17.3. The second kappa shape index (κ2) is 6.72. The minimum atomic E-state index is -0.361. The Morgan fingerprint density at radius 1 is 1.38 bits per heavy atom. The van der Waals surface area contributed by atoms with Crippen molar-refractivity contribution in [1.82, 2.24) is 20.2 Å². The van der Waals surface area contributed by atoms with Crippen LogP contribution in [0.2, 0.25) is 0 Å². The van der Waals surface area contributed by atoms with Crippen molar-refractivity contribution >= 4 is 39.2 Å². The van der Waals surface area contributed by atoms with Gasteiger partial charge in [0.15, 0.2) is 0 Å². The number of aryl methyl sites for hydroxylation is 2. The number of carbonyl (C=O) groups excluding carboxylic acids is 2. The van der Waals surface area contributed by atoms with Gasteiger partial charge in [0.05, 0.1) is 11.9 Å². The Kier molecular flexibility index (Phi) is 4.66. The molecule has 7 nitrogen and oxygen atoms in total. The first-order valence-corrected chi connectivity index (χ1v) is 8.80. The van der Waals surface area contributed by atoms with Crippen LogP contribution in [-0.4, -0.2) is 52.9 Å². The number of fused-ring (bicyclic) bond motifs is 1. The number of thiophene rings is 1. The maximum Gasteiger partial charge on any atom is 0.242 e. The van der Waals surface area contributed by atoms with Crippen molar-refractivity contribution in [1.29, 1.82) is 0 Å². The topological polar surface area (TPSA) is 87.2 Å². The first kappa shape index (κ1) is 16.6. The van der Waals surface area contributed by atoms with E-state index >= 15 is 0 Å². The summed E-state index contributed by atoms with van der Waals surface area (Å²) in [5, 5.41) is 6.73. The molecule has 0 radical (unpaired) electrons. The van der Waals surface area contributed by atoms with Gasteiger partial charge in [-0.2, -0.15) is 0 Å². The predicted octanol–water partition coefficient (Wildman–Crippen LogP) is 1.46. The van der Waals surface area contributed by atoms with Gasteiger partial charge < -0.3 is 15.5 Å². The molecule has 2 N–H and O–H groups in total. The number of aromatic nitrogens is 2. The quantitative estimate of drug-likeness (QED) is 0.874. The lowest BCUT2D eigenvalue weighted by Gasteiger charge is -2.23. The Labute approximate surface area is 144 Å². The average molecular weight is 347 g/mol. The molecule has 1 atom stereocenters. The number of rotatable bonds is 4. The van der Waals surface area contributed by atoms with Gasteiger partial charge in [0, 0.05) is 18.5 Å². The highest BCUT2D eigenvalue weighted by atomic mass is 32.1. The summed E-state index contributed by atoms with van der Waals surface area (Å²) in [6, 6.07) is -0.361. The van der Waals surface area contributed by atoms with E-state index in [-0.39, 0.29) is 24.4 Å². The number of anilines is 1. The number of hydrogen-bond donors (Lipinski definition) is 2. The van der Waals surface area contributed by atoms with Gasteiger partial charge in [-0.15, -0.1) is 11.3 Å². The molecule has 2 aromatic rings. The molecule has 1 saturated heterocycles. The van der Waals surface area contributed by atoms with E-state index in [0.29, 0.717) is 18.8 Å². The van der Waals surface area contributed by atoms with E-state index < -0.39 is 0 Å². The van der Waals surface area contributed by atoms with Gasteiger partial charge in [0.2, 0.25) is 11.8 Å². The maximum atomic E-state index is 12.5. The summed E-state index contributed by atoms with van der Waals surface area (Å²) in [5.74, 6) is 0.484. The van der Waals surface area contributed by atoms with Crippen molar-refractivity contribution in [2.45, 2.75) is 32.7 Å². The van der Waals surface area contributed by atoms with Crippen LogP contribution in [0.3, 0.4) is 0 Å². The monoisotopic (exact) mass is 347 g/mol. The zero-order valence-corrected chi connectivity index (χ0v) is 14.9. The maximum absolute atomic E-state index is 12.5. The number of nitrogens with one attached hydrogen (secondary N) is 2. The van der Waals surface area contributed by atoms with Crippen LogP contribution in [0.15, 0.2) is 6.33 Å². The Bertz CT molecular complexity index is 788. The van der Waals surface area contributed by atoms with Crippen molar-refractivity contribution < 1.29 is 9.59 Å². The first-order valence-electron chi connectivity index (χ1n) is 7.98. The van der Waals surface area contributed by atoms with Gasteiger partial charge in [-0.1, -0.05) is 0 Å². The molecule has 128 valence electrons. The fourth-order valence-corrected chi connectivity index (χ4v) is 4.08. The highest BCUT2D eigenvalue weighted by Crippen LogP contribution is 2.32. The second-order valence-electron chi connectivity index (χ2n) is 5.90. The molecule has 1 aliphatic heterocycles. The molecule has 1 unspecified atom stereocenters. The largest absolute Gasteiger partial charge is 0.360 e. The summed E-state index contributed by atoms with van der Waals surface area (Å²) in [4.78, 5) is 36.7. The van der Waals surface area contributed by atoms with E-state index in [0.717, 1.165) is 22.2 Å². The Balaban J connectivity index is 1.74. The highest BCUT2D eigenvalue weighted by Gasteiger charge is 2.33. The summed E-state index contributed by atoms with van der Waals surface area (Å²) >= 11 is 1.62. The van der Waals surface area contributed by atoms with Gasteiger partial charge in [-0.05, 0) is 32.3 Å². The van der Waals surface area contributed by atoms with E-state index in [1.165, 1.54) is 11.2 Å². The Hall–Kier alpha value is -2.22. The molecule has 1 fully saturated rings. The van der Waals surface area contributed by atoms with Crippen LogP contribution < -0.4 is 10.6 Å². The lowest BCUT2D eigenvalue weighted by Crippen LogP contribution is -2.46. The zero-order chi connectivity index (χ0) is 17.3. The third-order valence-electron chi connectivity index (χ3n) is 4.49. The molecule has 24 heavy (non-hydrogen) atoms. The number of nitrogens with zero attached hydrogens (tertiary/aromatic N) is 3. The molecule has 0 bridgehead atoms. The Morgan fingerprint density at radius 2 is 2.17 bits per heavy atom. The SMILES string of the molecule is CNC(=O)C1CCCN1C(=O)CNc1ncnc2sc(C)c(C)c12. The lowest BCUT2D eigenvalue weighted by atomic mass is 10.2. The minimum absolute atomic E-state index is 0.0857. The van der Waals surface area contributed by atoms with E-state index in [9.17, 15) is 9.59 Å². The van der Waals surface area contributed by atoms with E-state index in [1.54, 1.807) is 23.3 Å². The second-order valence-corrected chi connectivity index (χ2v) is 7.10. The Morgan fingerprint density at radius 3 is 2.92 bits per heavy atom. The molecule has 0 aromatic carbocycles. The summed E-state index contributed by atoms with van der Waals surface area (Å²) in [7, 11) is 1.60. The summed E-state index contributed by atoms with van der Waals surface area (Å²) in [5.41, 5.74) is 1.13. The fourth-order valence-electron chi connectivity index (χ4n) is 3.08. The smallest absolute Gasteiger partial charge is 0.242 e. The number of likely N-dealkylation sites (tertiary alicyclic amines) is 1. The summed E-state index contributed by atoms with van der Waals surface area (Å²) in [6.07, 6.45) is 3.07. The predicted molar refractivity (Wildman–Crippen MR) is 94.2 cm³/mol. The molecular formula is C16H21N5O2S. The van der Waals surface area contributed by atoms with Crippen LogP contribution in [-0.2, 0) is 9.59 Å².